The van der Waals surface area contributed by atoms with Crippen molar-refractivity contribution in [1.29, 1.82) is 0 Å². The molecule has 1 fully saturated rings. The summed E-state index contributed by atoms with van der Waals surface area (Å²) in [6.45, 7) is 8.66. The summed E-state index contributed by atoms with van der Waals surface area (Å²) >= 11 is 6.70. The Bertz CT molecular complexity index is 1160. The Labute approximate surface area is 194 Å². The number of likely N-dealkylation sites (tertiary alicyclic amines) is 1. The summed E-state index contributed by atoms with van der Waals surface area (Å²) in [5.41, 5.74) is 3.75. The molecule has 5 nitrogen and oxygen atoms in total. The third-order valence-electron chi connectivity index (χ3n) is 6.74. The van der Waals surface area contributed by atoms with Crippen LogP contribution in [0.4, 0.5) is 11.4 Å². The largest absolute Gasteiger partial charge is 0.374 e. The molecule has 0 bridgehead atoms. The molecule has 0 aromatic heterocycles. The zero-order valence-electron chi connectivity index (χ0n) is 19.2. The lowest BCUT2D eigenvalue weighted by molar-refractivity contribution is -0.124. The monoisotopic (exact) mass is 449 g/mol. The maximum Gasteiger partial charge on any atom is 0.298 e. The normalized spacial score (nSPS) is 21.2. The van der Waals surface area contributed by atoms with E-state index in [0.717, 1.165) is 28.1 Å². The Morgan fingerprint density at radius 2 is 1.97 bits per heavy atom. The number of fused-ring (bicyclic) bond motifs is 1. The van der Waals surface area contributed by atoms with E-state index < -0.39 is 11.0 Å². The van der Waals surface area contributed by atoms with Crippen LogP contribution in [0.3, 0.4) is 0 Å². The Kier molecular flexibility index (Phi) is 5.46. The highest BCUT2D eigenvalue weighted by Crippen LogP contribution is 2.45. The van der Waals surface area contributed by atoms with Crippen molar-refractivity contribution in [2.45, 2.75) is 45.1 Å². The van der Waals surface area contributed by atoms with Gasteiger partial charge in [0.25, 0.3) is 5.91 Å². The Morgan fingerprint density at radius 3 is 2.66 bits per heavy atom. The molecule has 0 spiro atoms. The molecule has 2 aliphatic heterocycles. The Morgan fingerprint density at radius 1 is 1.22 bits per heavy atom. The molecular weight excluding hydrogens is 422 g/mol. The average molecular weight is 450 g/mol. The molecule has 32 heavy (non-hydrogen) atoms. The number of nitrogens with one attached hydrogen (secondary N) is 1. The molecule has 0 aliphatic carbocycles. The molecule has 4 rings (SSSR count). The number of nitrogens with zero attached hydrogens (tertiary/aromatic N) is 2. The molecule has 6 heteroatoms. The average Bonchev–Trinajstić information content (AvgIpc) is 3.23. The van der Waals surface area contributed by atoms with E-state index in [-0.39, 0.29) is 11.8 Å². The van der Waals surface area contributed by atoms with Gasteiger partial charge in [0.15, 0.2) is 0 Å². The van der Waals surface area contributed by atoms with E-state index in [1.165, 1.54) is 0 Å². The van der Waals surface area contributed by atoms with E-state index in [1.54, 1.807) is 16.7 Å². The minimum absolute atomic E-state index is 0.0806. The number of anilines is 2. The molecule has 166 valence electrons. The summed E-state index contributed by atoms with van der Waals surface area (Å²) in [6, 6.07) is 11.9. The van der Waals surface area contributed by atoms with E-state index in [4.69, 9.17) is 11.6 Å². The van der Waals surface area contributed by atoms with Crippen LogP contribution in [-0.2, 0) is 20.5 Å². The first-order chi connectivity index (χ1) is 15.1. The number of carbonyl (C=O) groups excluding carboxylic acids is 2. The number of benzene rings is 2. The molecule has 0 radical (unpaired) electrons. The van der Waals surface area contributed by atoms with Crippen molar-refractivity contribution in [3.8, 4) is 11.8 Å². The summed E-state index contributed by atoms with van der Waals surface area (Å²) < 4.78 is 0. The van der Waals surface area contributed by atoms with Crippen LogP contribution in [0.1, 0.15) is 43.9 Å². The van der Waals surface area contributed by atoms with Crippen molar-refractivity contribution in [3.05, 3.63) is 58.1 Å². The number of amides is 2. The first-order valence-electron chi connectivity index (χ1n) is 10.8. The van der Waals surface area contributed by atoms with E-state index in [1.807, 2.05) is 64.2 Å². The van der Waals surface area contributed by atoms with Gasteiger partial charge in [-0.3, -0.25) is 9.59 Å². The summed E-state index contributed by atoms with van der Waals surface area (Å²) in [7, 11) is 1.81. The highest BCUT2D eigenvalue weighted by molar-refractivity contribution is 6.31. The van der Waals surface area contributed by atoms with Gasteiger partial charge in [0.05, 0.1) is 11.0 Å². The van der Waals surface area contributed by atoms with Crippen molar-refractivity contribution in [2.24, 2.45) is 0 Å². The number of likely N-dealkylation sites (N-methyl/N-ethyl adjacent to an activating group) is 1. The van der Waals surface area contributed by atoms with Crippen molar-refractivity contribution in [3.63, 3.8) is 0 Å². The zero-order chi connectivity index (χ0) is 23.3. The predicted octanol–water partition coefficient (Wildman–Crippen LogP) is 4.47. The summed E-state index contributed by atoms with van der Waals surface area (Å²) in [5.74, 6) is 5.26. The number of aryl methyl sites for hydroxylation is 1. The fourth-order valence-corrected chi connectivity index (χ4v) is 5.51. The first-order valence-corrected chi connectivity index (χ1v) is 11.2. The first kappa shape index (κ1) is 22.2. The highest BCUT2D eigenvalue weighted by atomic mass is 35.5. The predicted molar refractivity (Wildman–Crippen MR) is 129 cm³/mol. The van der Waals surface area contributed by atoms with Crippen LogP contribution in [-0.4, -0.2) is 36.9 Å². The molecule has 2 amide bonds. The third-order valence-corrected chi connectivity index (χ3v) is 7.06. The van der Waals surface area contributed by atoms with Gasteiger partial charge in [-0.15, -0.1) is 0 Å². The van der Waals surface area contributed by atoms with Crippen molar-refractivity contribution in [1.82, 2.24) is 4.90 Å². The third kappa shape index (κ3) is 3.43. The zero-order valence-corrected chi connectivity index (χ0v) is 19.9. The second kappa shape index (κ2) is 7.86. The number of carbonyl (C=O) groups is 2. The van der Waals surface area contributed by atoms with Crippen LogP contribution in [0.25, 0.3) is 0 Å². The molecule has 0 unspecified atom stereocenters. The second-order valence-electron chi connectivity index (χ2n) is 9.21. The Balaban J connectivity index is 1.78. The van der Waals surface area contributed by atoms with Crippen molar-refractivity contribution >= 4 is 34.8 Å². The maximum absolute atomic E-state index is 12.7. The van der Waals surface area contributed by atoms with Gasteiger partial charge in [-0.1, -0.05) is 35.7 Å². The number of hydrogen-bond acceptors (Lipinski definition) is 3. The molecule has 1 saturated heterocycles. The summed E-state index contributed by atoms with van der Waals surface area (Å²) in [5, 5.41) is 4.38. The van der Waals surface area contributed by atoms with Gasteiger partial charge in [-0.2, -0.15) is 0 Å². The molecule has 1 N–H and O–H groups in total. The van der Waals surface area contributed by atoms with Gasteiger partial charge in [0, 0.05) is 42.1 Å². The van der Waals surface area contributed by atoms with Crippen LogP contribution in [0.15, 0.2) is 36.4 Å². The van der Waals surface area contributed by atoms with Gasteiger partial charge < -0.3 is 15.1 Å². The maximum atomic E-state index is 12.7. The van der Waals surface area contributed by atoms with Crippen LogP contribution >= 0.6 is 11.6 Å². The lowest BCUT2D eigenvalue weighted by Gasteiger charge is -2.34. The highest BCUT2D eigenvalue weighted by Gasteiger charge is 2.45. The molecule has 1 atom stereocenters. The van der Waals surface area contributed by atoms with Crippen LogP contribution in [0.2, 0.25) is 5.02 Å². The fourth-order valence-electron chi connectivity index (χ4n) is 5.11. The molecule has 2 aromatic rings. The molecule has 2 aliphatic rings. The molecule has 2 heterocycles. The minimum Gasteiger partial charge on any atom is -0.374 e. The fraction of sp³-hybridized carbons (Fsp3) is 0.385. The van der Waals surface area contributed by atoms with E-state index in [9.17, 15) is 9.59 Å². The quantitative estimate of drug-likeness (QED) is 0.703. The lowest BCUT2D eigenvalue weighted by atomic mass is 9.84. The van der Waals surface area contributed by atoms with Crippen molar-refractivity contribution in [2.75, 3.05) is 30.4 Å². The van der Waals surface area contributed by atoms with Crippen molar-refractivity contribution < 1.29 is 9.59 Å². The Hall–Kier alpha value is -2.97. The summed E-state index contributed by atoms with van der Waals surface area (Å²) in [6.07, 6.45) is 0.700. The van der Waals surface area contributed by atoms with Gasteiger partial charge in [-0.05, 0) is 69.4 Å². The standard InChI is InChI=1S/C26H28ClN3O2/c1-6-8-22(31)30-14-13-26(16-30,23-17(2)9-7-10-20(23)27)28-18-11-12-19-21(15-18)29(5)24(32)25(19,3)4/h7,9-12,15,28H,13-14,16H2,1-5H3/t26-/m1/s1. The SMILES string of the molecule is CC#CC(=O)N1CC[C@](Nc2ccc3c(c2)N(C)C(=O)C3(C)C)(c2c(C)cccc2Cl)C1. The second-order valence-corrected chi connectivity index (χ2v) is 9.62. The summed E-state index contributed by atoms with van der Waals surface area (Å²) in [4.78, 5) is 28.8. The topological polar surface area (TPSA) is 52.7 Å². The molecule has 0 saturated carbocycles. The van der Waals surface area contributed by atoms with E-state index in [2.05, 4.69) is 17.2 Å². The van der Waals surface area contributed by atoms with E-state index >= 15 is 0 Å². The van der Waals surface area contributed by atoms with Gasteiger partial charge in [0.2, 0.25) is 5.91 Å². The number of hydrogen-bond donors (Lipinski definition) is 1. The molecular formula is C26H28ClN3O2. The molecule has 2 aromatic carbocycles. The van der Waals surface area contributed by atoms with Gasteiger partial charge in [-0.25, -0.2) is 0 Å². The minimum atomic E-state index is -0.557. The number of rotatable bonds is 3. The van der Waals surface area contributed by atoms with Gasteiger partial charge in [0.1, 0.15) is 0 Å². The lowest BCUT2D eigenvalue weighted by Crippen LogP contribution is -2.40. The van der Waals surface area contributed by atoms with Crippen LogP contribution in [0.5, 0.6) is 0 Å². The van der Waals surface area contributed by atoms with E-state index in [0.29, 0.717) is 24.5 Å². The van der Waals surface area contributed by atoms with Gasteiger partial charge >= 0.3 is 0 Å². The number of halogens is 1. The van der Waals surface area contributed by atoms with Crippen LogP contribution < -0.4 is 10.2 Å². The smallest absolute Gasteiger partial charge is 0.298 e. The van der Waals surface area contributed by atoms with Crippen LogP contribution in [0, 0.1) is 18.8 Å².